The first-order valence-corrected chi connectivity index (χ1v) is 9.59. The quantitative estimate of drug-likeness (QED) is 0.444. The lowest BCUT2D eigenvalue weighted by molar-refractivity contribution is 0.503. The van der Waals surface area contributed by atoms with Crippen LogP contribution in [0.3, 0.4) is 0 Å². The Morgan fingerprint density at radius 3 is 2.16 bits per heavy atom. The van der Waals surface area contributed by atoms with Crippen molar-refractivity contribution in [2.75, 3.05) is 6.16 Å². The van der Waals surface area contributed by atoms with E-state index in [0.29, 0.717) is 10.6 Å². The molecule has 0 amide bonds. The maximum absolute atomic E-state index is 12.8. The van der Waals surface area contributed by atoms with Gasteiger partial charge in [-0.2, -0.15) is 0 Å². The zero-order chi connectivity index (χ0) is 14.5. The number of alkyl halides is 1. The highest BCUT2D eigenvalue weighted by molar-refractivity contribution is 7.91. The average molecular weight is 338 g/mol. The van der Waals surface area contributed by atoms with E-state index in [1.165, 1.54) is 0 Å². The molecule has 1 aromatic carbocycles. The molecule has 0 bridgehead atoms. The molecule has 0 spiro atoms. The summed E-state index contributed by atoms with van der Waals surface area (Å²) in [5.74, 6) is 0. The van der Waals surface area contributed by atoms with Gasteiger partial charge in [0.05, 0.1) is 5.03 Å². The fourth-order valence-corrected chi connectivity index (χ4v) is 6.91. The number of hydrogen-bond acceptors (Lipinski definition) is 1. The Morgan fingerprint density at radius 1 is 1.21 bits per heavy atom. The smallest absolute Gasteiger partial charge is 0.202 e. The molecular formula is C14H16Cl3OP. The minimum atomic E-state index is -3.16. The van der Waals surface area contributed by atoms with E-state index in [1.54, 1.807) is 0 Å². The van der Waals surface area contributed by atoms with E-state index in [2.05, 4.69) is 0 Å². The molecule has 0 N–H and O–H groups in total. The second kappa shape index (κ2) is 4.81. The summed E-state index contributed by atoms with van der Waals surface area (Å²) < 4.78 is 11.6. The summed E-state index contributed by atoms with van der Waals surface area (Å²) in [5.41, 5.74) is 1.37. The summed E-state index contributed by atoms with van der Waals surface area (Å²) >= 11 is 19.4. The van der Waals surface area contributed by atoms with Gasteiger partial charge in [0, 0.05) is 6.16 Å². The molecule has 0 saturated heterocycles. The van der Waals surface area contributed by atoms with Crippen LogP contribution in [0.25, 0.3) is 0 Å². The molecule has 1 nitrogen and oxygen atoms in total. The molecule has 1 aromatic rings. The highest BCUT2D eigenvalue weighted by Gasteiger charge is 2.57. The molecule has 1 aliphatic heterocycles. The van der Waals surface area contributed by atoms with Crippen molar-refractivity contribution in [3.8, 4) is 0 Å². The van der Waals surface area contributed by atoms with Crippen molar-refractivity contribution < 1.29 is 4.57 Å². The van der Waals surface area contributed by atoms with Crippen molar-refractivity contribution >= 4 is 40.9 Å². The highest BCUT2D eigenvalue weighted by Crippen LogP contribution is 2.78. The Labute approximate surface area is 129 Å². The summed E-state index contributed by atoms with van der Waals surface area (Å²) in [7, 11) is 0. The van der Waals surface area contributed by atoms with Crippen molar-refractivity contribution in [1.29, 1.82) is 0 Å². The predicted molar refractivity (Wildman–Crippen MR) is 84.6 cm³/mol. The van der Waals surface area contributed by atoms with Crippen LogP contribution >= 0.6 is 40.9 Å². The van der Waals surface area contributed by atoms with Crippen molar-refractivity contribution in [3.05, 3.63) is 46.5 Å². The summed E-state index contributed by atoms with van der Waals surface area (Å²) in [6.07, 6.45) is 0.259. The van der Waals surface area contributed by atoms with E-state index in [0.717, 1.165) is 5.57 Å². The van der Waals surface area contributed by atoms with Crippen molar-refractivity contribution in [3.63, 3.8) is 0 Å². The van der Waals surface area contributed by atoms with Crippen LogP contribution in [0.2, 0.25) is 0 Å². The number of halogens is 3. The molecule has 0 saturated carbocycles. The Morgan fingerprint density at radius 2 is 1.74 bits per heavy atom. The van der Waals surface area contributed by atoms with Crippen LogP contribution in [0.15, 0.2) is 40.9 Å². The lowest BCUT2D eigenvalue weighted by Gasteiger charge is -2.26. The van der Waals surface area contributed by atoms with Crippen molar-refractivity contribution in [1.82, 2.24) is 0 Å². The largest absolute Gasteiger partial charge is 0.304 e. The van der Waals surface area contributed by atoms with Crippen LogP contribution in [0.5, 0.6) is 0 Å². The first kappa shape index (κ1) is 15.4. The van der Waals surface area contributed by atoms with Crippen LogP contribution < -0.4 is 0 Å². The van der Waals surface area contributed by atoms with Crippen LogP contribution in [0, 0.1) is 5.41 Å². The Kier molecular flexibility index (Phi) is 3.91. The number of hydrogen-bond donors (Lipinski definition) is 0. The van der Waals surface area contributed by atoms with Gasteiger partial charge >= 0.3 is 0 Å². The van der Waals surface area contributed by atoms with E-state index in [1.807, 2.05) is 51.1 Å². The molecule has 2 rings (SSSR count). The van der Waals surface area contributed by atoms with Crippen LogP contribution in [0.1, 0.15) is 26.3 Å². The second-order valence-electron chi connectivity index (χ2n) is 5.84. The molecule has 0 aliphatic carbocycles. The zero-order valence-corrected chi connectivity index (χ0v) is 14.2. The zero-order valence-electron chi connectivity index (χ0n) is 11.1. The number of benzene rings is 1. The monoisotopic (exact) mass is 336 g/mol. The highest BCUT2D eigenvalue weighted by atomic mass is 35.7. The molecular weight excluding hydrogens is 321 g/mol. The van der Waals surface area contributed by atoms with Crippen molar-refractivity contribution in [2.24, 2.45) is 5.41 Å². The second-order valence-corrected chi connectivity index (χ2v) is 11.0. The van der Waals surface area contributed by atoms with E-state index in [-0.39, 0.29) is 11.6 Å². The van der Waals surface area contributed by atoms with Gasteiger partial charge in [-0.05, 0) is 16.6 Å². The molecule has 1 aliphatic rings. The van der Waals surface area contributed by atoms with Crippen LogP contribution in [-0.2, 0) is 9.18 Å². The summed E-state index contributed by atoms with van der Waals surface area (Å²) in [4.78, 5) is 0. The first-order chi connectivity index (χ1) is 8.61. The first-order valence-electron chi connectivity index (χ1n) is 6.03. The van der Waals surface area contributed by atoms with E-state index in [4.69, 9.17) is 34.4 Å². The Balaban J connectivity index is 2.67. The minimum Gasteiger partial charge on any atom is -0.304 e. The third-order valence-corrected chi connectivity index (χ3v) is 8.91. The molecule has 5 heteroatoms. The fourth-order valence-electron chi connectivity index (χ4n) is 2.27. The van der Waals surface area contributed by atoms with E-state index in [9.17, 15) is 4.57 Å². The maximum Gasteiger partial charge on any atom is 0.202 e. The van der Waals surface area contributed by atoms with Crippen LogP contribution in [0.4, 0.5) is 0 Å². The summed E-state index contributed by atoms with van der Waals surface area (Å²) in [6, 6.07) is 9.19. The van der Waals surface area contributed by atoms with Gasteiger partial charge in [-0.1, -0.05) is 85.5 Å². The van der Waals surface area contributed by atoms with Gasteiger partial charge in [0.25, 0.3) is 0 Å². The standard InChI is InChI=1S/C14H16Cl3OP/c1-13(2,3)11-9-19(17,18)14(16,12(11)15)10-7-5-4-6-8-10/h4-8H,9H2,1-3H3. The molecule has 0 radical (unpaired) electrons. The van der Waals surface area contributed by atoms with Gasteiger partial charge in [0.2, 0.25) is 6.49 Å². The topological polar surface area (TPSA) is 17.1 Å². The number of rotatable bonds is 1. The maximum atomic E-state index is 12.8. The number of allylic oxidation sites excluding steroid dienone is 2. The van der Waals surface area contributed by atoms with Crippen LogP contribution in [-0.4, -0.2) is 6.16 Å². The predicted octanol–water partition coefficient (Wildman–Crippen LogP) is 6.15. The normalized spacial score (nSPS) is 31.9. The van der Waals surface area contributed by atoms with Crippen molar-refractivity contribution in [2.45, 2.75) is 25.4 Å². The minimum absolute atomic E-state index is 0.201. The van der Waals surface area contributed by atoms with Gasteiger partial charge in [-0.3, -0.25) is 0 Å². The third-order valence-electron chi connectivity index (χ3n) is 3.44. The molecule has 19 heavy (non-hydrogen) atoms. The van der Waals surface area contributed by atoms with Gasteiger partial charge in [-0.15, -0.1) is 0 Å². The average Bonchev–Trinajstić information content (AvgIpc) is 2.51. The Bertz CT molecular complexity index is 574. The fraction of sp³-hybridized carbons (Fsp3) is 0.429. The molecule has 0 aromatic heterocycles. The summed E-state index contributed by atoms with van der Waals surface area (Å²) in [5, 5.41) is 0.422. The lowest BCUT2D eigenvalue weighted by Crippen LogP contribution is -2.15. The SMILES string of the molecule is CC(C)(C)C1=C(Cl)C(Cl)(c2ccccc2)P(=O)(Cl)C1. The van der Waals surface area contributed by atoms with Gasteiger partial charge in [-0.25, -0.2) is 0 Å². The lowest BCUT2D eigenvalue weighted by atomic mass is 9.86. The molecule has 2 atom stereocenters. The van der Waals surface area contributed by atoms with Gasteiger partial charge in [0.15, 0.2) is 4.62 Å². The third kappa shape index (κ3) is 2.40. The Hall–Kier alpha value is 0.0600. The summed E-state index contributed by atoms with van der Waals surface area (Å²) in [6.45, 7) is 2.90. The van der Waals surface area contributed by atoms with E-state index >= 15 is 0 Å². The molecule has 1 heterocycles. The van der Waals surface area contributed by atoms with Gasteiger partial charge < -0.3 is 4.57 Å². The molecule has 2 unspecified atom stereocenters. The molecule has 104 valence electrons. The molecule has 0 fully saturated rings. The van der Waals surface area contributed by atoms with E-state index < -0.39 is 11.1 Å². The van der Waals surface area contributed by atoms with Gasteiger partial charge in [0.1, 0.15) is 0 Å².